The first-order valence-corrected chi connectivity index (χ1v) is 6.72. The van der Waals surface area contributed by atoms with Crippen LogP contribution in [0.3, 0.4) is 0 Å². The van der Waals surface area contributed by atoms with E-state index >= 15 is 0 Å². The summed E-state index contributed by atoms with van der Waals surface area (Å²) in [7, 11) is 0. The summed E-state index contributed by atoms with van der Waals surface area (Å²) in [6.07, 6.45) is 0. The van der Waals surface area contributed by atoms with Crippen LogP contribution in [0.5, 0.6) is 11.5 Å². The molecular weight excluding hydrogens is 328 g/mol. The molecule has 0 aliphatic heterocycles. The molecule has 0 bridgehead atoms. The number of hydrogen-bond donors (Lipinski definition) is 2. The minimum atomic E-state index is -0.0786. The topological polar surface area (TPSA) is 59.1 Å². The molecule has 0 atom stereocenters. The summed E-state index contributed by atoms with van der Waals surface area (Å²) in [4.78, 5) is 0. The number of nitrogens with one attached hydrogen (secondary N) is 1. The average molecular weight is 340 g/mol. The van der Waals surface area contributed by atoms with E-state index in [1.54, 1.807) is 18.2 Å². The standard InChI is InChI=1S/C14H12BrClN2O/c1-8-2-3-9(15)6-13(8)19-12-5-4-10(16)7-11(12)14(17)18/h2-7H,1H3,(H3,17,18). The van der Waals surface area contributed by atoms with Crippen LogP contribution in [0.2, 0.25) is 5.02 Å². The SMILES string of the molecule is Cc1ccc(Br)cc1Oc1ccc(Cl)cc1C(=N)N. The molecule has 0 aliphatic rings. The van der Waals surface area contributed by atoms with Crippen molar-refractivity contribution in [3.8, 4) is 11.5 Å². The van der Waals surface area contributed by atoms with E-state index in [1.807, 2.05) is 25.1 Å². The van der Waals surface area contributed by atoms with E-state index in [2.05, 4.69) is 15.9 Å². The van der Waals surface area contributed by atoms with Crippen LogP contribution in [0.4, 0.5) is 0 Å². The maximum atomic E-state index is 7.56. The molecular formula is C14H12BrClN2O. The highest BCUT2D eigenvalue weighted by Crippen LogP contribution is 2.31. The Labute approximate surface area is 125 Å². The maximum Gasteiger partial charge on any atom is 0.138 e. The van der Waals surface area contributed by atoms with Gasteiger partial charge in [-0.2, -0.15) is 0 Å². The molecule has 0 saturated heterocycles. The fraction of sp³-hybridized carbons (Fsp3) is 0.0714. The van der Waals surface area contributed by atoms with Gasteiger partial charge in [0.05, 0.1) is 5.56 Å². The Morgan fingerprint density at radius 2 is 1.95 bits per heavy atom. The Bertz CT molecular complexity index is 643. The number of aryl methyl sites for hydroxylation is 1. The number of benzene rings is 2. The van der Waals surface area contributed by atoms with Crippen LogP contribution in [-0.2, 0) is 0 Å². The number of halogens is 2. The molecule has 0 spiro atoms. The number of rotatable bonds is 3. The predicted molar refractivity (Wildman–Crippen MR) is 81.4 cm³/mol. The van der Waals surface area contributed by atoms with Crippen molar-refractivity contribution in [2.75, 3.05) is 0 Å². The van der Waals surface area contributed by atoms with Gasteiger partial charge >= 0.3 is 0 Å². The average Bonchev–Trinajstić information content (AvgIpc) is 2.35. The van der Waals surface area contributed by atoms with Crippen LogP contribution >= 0.6 is 27.5 Å². The van der Waals surface area contributed by atoms with Crippen molar-refractivity contribution in [2.24, 2.45) is 5.73 Å². The van der Waals surface area contributed by atoms with Gasteiger partial charge in [-0.05, 0) is 42.8 Å². The molecule has 5 heteroatoms. The Morgan fingerprint density at radius 3 is 2.63 bits per heavy atom. The van der Waals surface area contributed by atoms with Crippen LogP contribution in [0.1, 0.15) is 11.1 Å². The Hall–Kier alpha value is -1.52. The van der Waals surface area contributed by atoms with Crippen molar-refractivity contribution >= 4 is 33.4 Å². The van der Waals surface area contributed by atoms with Crippen molar-refractivity contribution in [3.63, 3.8) is 0 Å². The fourth-order valence-corrected chi connectivity index (χ4v) is 2.12. The van der Waals surface area contributed by atoms with Gasteiger partial charge in [-0.1, -0.05) is 33.6 Å². The number of amidine groups is 1. The molecule has 2 aromatic rings. The second-order valence-corrected chi connectivity index (χ2v) is 5.42. The molecule has 2 rings (SSSR count). The van der Waals surface area contributed by atoms with E-state index in [0.29, 0.717) is 22.1 Å². The Morgan fingerprint density at radius 1 is 1.21 bits per heavy atom. The maximum absolute atomic E-state index is 7.56. The summed E-state index contributed by atoms with van der Waals surface area (Å²) in [5, 5.41) is 8.08. The van der Waals surface area contributed by atoms with E-state index in [4.69, 9.17) is 27.5 Å². The predicted octanol–water partition coefficient (Wildman–Crippen LogP) is 4.49. The highest BCUT2D eigenvalue weighted by molar-refractivity contribution is 9.10. The van der Waals surface area contributed by atoms with Crippen molar-refractivity contribution in [1.82, 2.24) is 0 Å². The normalized spacial score (nSPS) is 10.3. The van der Waals surface area contributed by atoms with Gasteiger partial charge in [0, 0.05) is 9.50 Å². The van der Waals surface area contributed by atoms with Gasteiger partial charge < -0.3 is 10.5 Å². The number of nitrogens with two attached hydrogens (primary N) is 1. The lowest BCUT2D eigenvalue weighted by Crippen LogP contribution is -2.12. The largest absolute Gasteiger partial charge is 0.456 e. The fourth-order valence-electron chi connectivity index (χ4n) is 1.60. The van der Waals surface area contributed by atoms with Gasteiger partial charge in [0.25, 0.3) is 0 Å². The lowest BCUT2D eigenvalue weighted by Gasteiger charge is -2.12. The Kier molecular flexibility index (Phi) is 4.12. The number of nitrogen functional groups attached to an aromatic ring is 1. The van der Waals surface area contributed by atoms with Crippen LogP contribution in [0, 0.1) is 12.3 Å². The molecule has 2 aromatic carbocycles. The van der Waals surface area contributed by atoms with E-state index in [1.165, 1.54) is 0 Å². The minimum Gasteiger partial charge on any atom is -0.456 e. The van der Waals surface area contributed by atoms with Crippen molar-refractivity contribution in [3.05, 3.63) is 57.0 Å². The number of ether oxygens (including phenoxy) is 1. The third kappa shape index (κ3) is 3.28. The van der Waals surface area contributed by atoms with Crippen molar-refractivity contribution < 1.29 is 4.74 Å². The van der Waals surface area contributed by atoms with Gasteiger partial charge in [0.1, 0.15) is 17.3 Å². The summed E-state index contributed by atoms with van der Waals surface area (Å²) >= 11 is 9.31. The van der Waals surface area contributed by atoms with E-state index in [-0.39, 0.29) is 5.84 Å². The molecule has 0 heterocycles. The molecule has 0 radical (unpaired) electrons. The lowest BCUT2D eigenvalue weighted by molar-refractivity contribution is 0.477. The molecule has 0 unspecified atom stereocenters. The van der Waals surface area contributed by atoms with E-state index in [0.717, 1.165) is 10.0 Å². The monoisotopic (exact) mass is 338 g/mol. The summed E-state index contributed by atoms with van der Waals surface area (Å²) < 4.78 is 6.75. The molecule has 19 heavy (non-hydrogen) atoms. The van der Waals surface area contributed by atoms with Crippen LogP contribution in [-0.4, -0.2) is 5.84 Å². The second-order valence-electron chi connectivity index (χ2n) is 4.07. The van der Waals surface area contributed by atoms with E-state index < -0.39 is 0 Å². The number of hydrogen-bond acceptors (Lipinski definition) is 2. The minimum absolute atomic E-state index is 0.0786. The molecule has 0 amide bonds. The van der Waals surface area contributed by atoms with Gasteiger partial charge in [-0.15, -0.1) is 0 Å². The van der Waals surface area contributed by atoms with Gasteiger partial charge in [-0.25, -0.2) is 0 Å². The first kappa shape index (κ1) is 13.9. The smallest absolute Gasteiger partial charge is 0.138 e. The van der Waals surface area contributed by atoms with Gasteiger partial charge in [0.2, 0.25) is 0 Å². The van der Waals surface area contributed by atoms with E-state index in [9.17, 15) is 0 Å². The molecule has 3 nitrogen and oxygen atoms in total. The van der Waals surface area contributed by atoms with Gasteiger partial charge in [-0.3, -0.25) is 5.41 Å². The van der Waals surface area contributed by atoms with Crippen molar-refractivity contribution in [2.45, 2.75) is 6.92 Å². The first-order valence-electron chi connectivity index (χ1n) is 5.55. The third-order valence-electron chi connectivity index (χ3n) is 2.60. The molecule has 98 valence electrons. The zero-order valence-electron chi connectivity index (χ0n) is 10.2. The van der Waals surface area contributed by atoms with Crippen LogP contribution < -0.4 is 10.5 Å². The summed E-state index contributed by atoms with van der Waals surface area (Å²) in [5.74, 6) is 1.14. The summed E-state index contributed by atoms with van der Waals surface area (Å²) in [6, 6.07) is 10.8. The molecule has 3 N–H and O–H groups in total. The third-order valence-corrected chi connectivity index (χ3v) is 3.33. The quantitative estimate of drug-likeness (QED) is 0.639. The summed E-state index contributed by atoms with van der Waals surface area (Å²) in [5.41, 5.74) is 7.01. The zero-order valence-corrected chi connectivity index (χ0v) is 12.5. The highest BCUT2D eigenvalue weighted by atomic mass is 79.9. The lowest BCUT2D eigenvalue weighted by atomic mass is 10.1. The molecule has 0 aliphatic carbocycles. The Balaban J connectivity index is 2.43. The molecule has 0 aromatic heterocycles. The van der Waals surface area contributed by atoms with Crippen molar-refractivity contribution in [1.29, 1.82) is 5.41 Å². The summed E-state index contributed by atoms with van der Waals surface area (Å²) in [6.45, 7) is 1.95. The first-order chi connectivity index (χ1) is 8.97. The highest BCUT2D eigenvalue weighted by Gasteiger charge is 2.10. The zero-order chi connectivity index (χ0) is 14.0. The van der Waals surface area contributed by atoms with Crippen LogP contribution in [0.25, 0.3) is 0 Å². The van der Waals surface area contributed by atoms with Gasteiger partial charge in [0.15, 0.2) is 0 Å². The molecule has 0 saturated carbocycles. The van der Waals surface area contributed by atoms with Crippen LogP contribution in [0.15, 0.2) is 40.9 Å². The second kappa shape index (κ2) is 5.63. The molecule has 0 fully saturated rings.